The van der Waals surface area contributed by atoms with Gasteiger partial charge >= 0.3 is 5.97 Å². The van der Waals surface area contributed by atoms with Crippen LogP contribution in [0.4, 0.5) is 0 Å². The Morgan fingerprint density at radius 1 is 1.26 bits per heavy atom. The zero-order valence-electron chi connectivity index (χ0n) is 12.4. The van der Waals surface area contributed by atoms with E-state index in [2.05, 4.69) is 0 Å². The highest BCUT2D eigenvalue weighted by Gasteiger charge is 2.41. The van der Waals surface area contributed by atoms with Gasteiger partial charge in [-0.1, -0.05) is 42.5 Å². The maximum atomic E-state index is 11.7. The first-order valence-electron chi connectivity index (χ1n) is 7.12. The second-order valence-electron chi connectivity index (χ2n) is 5.39. The maximum absolute atomic E-state index is 11.7. The highest BCUT2D eigenvalue weighted by molar-refractivity contribution is 5.97. The van der Waals surface area contributed by atoms with Gasteiger partial charge in [-0.15, -0.1) is 0 Å². The molecular weight excluding hydrogens is 292 g/mol. The molecule has 1 aliphatic rings. The number of aliphatic carboxylic acids is 1. The number of ether oxygens (including phenoxy) is 1. The van der Waals surface area contributed by atoms with E-state index in [4.69, 9.17) is 10.1 Å². The zero-order chi connectivity index (χ0) is 16.6. The predicted molar refractivity (Wildman–Crippen MR) is 84.9 cm³/mol. The van der Waals surface area contributed by atoms with Crippen molar-refractivity contribution in [2.75, 3.05) is 0 Å². The van der Waals surface area contributed by atoms with Gasteiger partial charge in [0, 0.05) is 5.92 Å². The molecule has 0 spiro atoms. The van der Waals surface area contributed by atoms with Crippen LogP contribution in [0.1, 0.15) is 18.4 Å². The van der Waals surface area contributed by atoms with Gasteiger partial charge in [0.1, 0.15) is 11.7 Å². The minimum absolute atomic E-state index is 0.0314. The molecule has 0 amide bonds. The van der Waals surface area contributed by atoms with E-state index in [0.29, 0.717) is 0 Å². The van der Waals surface area contributed by atoms with Crippen molar-refractivity contribution < 1.29 is 14.6 Å². The van der Waals surface area contributed by atoms with Gasteiger partial charge in [-0.05, 0) is 23.3 Å². The quantitative estimate of drug-likeness (QED) is 0.888. The molecule has 2 unspecified atom stereocenters. The van der Waals surface area contributed by atoms with Crippen LogP contribution >= 0.6 is 0 Å². The van der Waals surface area contributed by atoms with E-state index in [9.17, 15) is 15.2 Å². The van der Waals surface area contributed by atoms with E-state index in [1.807, 2.05) is 48.5 Å². The minimum Gasteiger partial charge on any atom is -0.478 e. The normalized spacial score (nSPS) is 21.0. The molecule has 0 aromatic heterocycles. The molecule has 0 bridgehead atoms. The Balaban J connectivity index is 2.32. The van der Waals surface area contributed by atoms with Crippen molar-refractivity contribution in [2.45, 2.75) is 12.8 Å². The lowest BCUT2D eigenvalue weighted by atomic mass is 9.77. The molecule has 2 N–H and O–H groups in total. The van der Waals surface area contributed by atoms with Gasteiger partial charge in [-0.2, -0.15) is 5.26 Å². The van der Waals surface area contributed by atoms with E-state index in [1.54, 1.807) is 0 Å². The number of hydrogen-bond acceptors (Lipinski definition) is 4. The number of carbonyl (C=O) groups is 1. The third-order valence-electron chi connectivity index (χ3n) is 4.10. The summed E-state index contributed by atoms with van der Waals surface area (Å²) in [5, 5.41) is 28.8. The number of rotatable bonds is 2. The molecular formula is C18H14N2O3. The Morgan fingerprint density at radius 2 is 1.96 bits per heavy atom. The molecule has 3 rings (SSSR count). The van der Waals surface area contributed by atoms with Crippen molar-refractivity contribution in [1.82, 2.24) is 0 Å². The van der Waals surface area contributed by atoms with Crippen molar-refractivity contribution in [3.63, 3.8) is 0 Å². The molecule has 5 heteroatoms. The third-order valence-corrected chi connectivity index (χ3v) is 4.10. The zero-order valence-corrected chi connectivity index (χ0v) is 12.4. The molecule has 114 valence electrons. The van der Waals surface area contributed by atoms with Crippen molar-refractivity contribution in [3.05, 3.63) is 59.4 Å². The van der Waals surface area contributed by atoms with Gasteiger partial charge in [0.05, 0.1) is 11.6 Å². The summed E-state index contributed by atoms with van der Waals surface area (Å²) in [5.74, 6) is -2.88. The number of nitrogens with one attached hydrogen (secondary N) is 1. The fourth-order valence-electron chi connectivity index (χ4n) is 3.09. The van der Waals surface area contributed by atoms with Gasteiger partial charge in [-0.3, -0.25) is 5.41 Å². The lowest BCUT2D eigenvalue weighted by Gasteiger charge is -2.30. The van der Waals surface area contributed by atoms with Crippen LogP contribution in [-0.4, -0.2) is 17.0 Å². The van der Waals surface area contributed by atoms with Gasteiger partial charge < -0.3 is 9.84 Å². The van der Waals surface area contributed by atoms with Crippen molar-refractivity contribution in [2.24, 2.45) is 5.92 Å². The first-order chi connectivity index (χ1) is 11.0. The van der Waals surface area contributed by atoms with Crippen LogP contribution in [0.15, 0.2) is 53.8 Å². The van der Waals surface area contributed by atoms with E-state index in [-0.39, 0.29) is 17.2 Å². The van der Waals surface area contributed by atoms with Gasteiger partial charge in [0.15, 0.2) is 0 Å². The van der Waals surface area contributed by atoms with Crippen LogP contribution in [0.5, 0.6) is 0 Å². The van der Waals surface area contributed by atoms with Gasteiger partial charge in [-0.25, -0.2) is 4.79 Å². The standard InChI is InChI=1S/C18H14N2O3/c1-10-15(18(21)22)16(14(9-19)17(20)23-10)13-8-4-6-11-5-2-3-7-12(11)13/h2-8,14,16,20H,1H3,(H,21,22). The van der Waals surface area contributed by atoms with Gasteiger partial charge in [0.25, 0.3) is 0 Å². The summed E-state index contributed by atoms with van der Waals surface area (Å²) in [5.41, 5.74) is 0.753. The van der Waals surface area contributed by atoms with Crippen LogP contribution in [0.2, 0.25) is 0 Å². The smallest absolute Gasteiger partial charge is 0.335 e. The molecule has 0 aliphatic carbocycles. The molecule has 0 saturated carbocycles. The summed E-state index contributed by atoms with van der Waals surface area (Å²) in [7, 11) is 0. The SMILES string of the molecule is CC1=C(C(=O)O)C(c2cccc3ccccc23)C(C#N)C(=N)O1. The molecule has 23 heavy (non-hydrogen) atoms. The van der Waals surface area contributed by atoms with Crippen molar-refractivity contribution in [3.8, 4) is 6.07 Å². The average Bonchev–Trinajstić information content (AvgIpc) is 2.53. The maximum Gasteiger partial charge on any atom is 0.335 e. The number of nitrogens with zero attached hydrogens (tertiary/aromatic N) is 1. The Labute approximate surface area is 132 Å². The summed E-state index contributed by atoms with van der Waals surface area (Å²) >= 11 is 0. The topological polar surface area (TPSA) is 94.2 Å². The highest BCUT2D eigenvalue weighted by atomic mass is 16.5. The monoisotopic (exact) mass is 306 g/mol. The molecule has 0 saturated heterocycles. The van der Waals surface area contributed by atoms with E-state index in [0.717, 1.165) is 16.3 Å². The Morgan fingerprint density at radius 3 is 2.65 bits per heavy atom. The summed E-state index contributed by atoms with van der Waals surface area (Å²) in [6.07, 6.45) is 0. The Kier molecular flexibility index (Phi) is 3.59. The lowest BCUT2D eigenvalue weighted by Crippen LogP contribution is -2.32. The van der Waals surface area contributed by atoms with Crippen molar-refractivity contribution >= 4 is 22.6 Å². The molecule has 0 fully saturated rings. The van der Waals surface area contributed by atoms with Crippen LogP contribution in [0.3, 0.4) is 0 Å². The predicted octanol–water partition coefficient (Wildman–Crippen LogP) is 3.43. The Hall–Kier alpha value is -3.13. The molecule has 1 aliphatic heterocycles. The highest BCUT2D eigenvalue weighted by Crippen LogP contribution is 2.41. The van der Waals surface area contributed by atoms with E-state index < -0.39 is 17.8 Å². The largest absolute Gasteiger partial charge is 0.478 e. The molecule has 5 nitrogen and oxygen atoms in total. The van der Waals surface area contributed by atoms with Crippen molar-refractivity contribution in [1.29, 1.82) is 10.7 Å². The molecule has 0 radical (unpaired) electrons. The van der Waals surface area contributed by atoms with Gasteiger partial charge in [0.2, 0.25) is 5.90 Å². The van der Waals surface area contributed by atoms with Crippen LogP contribution < -0.4 is 0 Å². The second kappa shape index (κ2) is 5.58. The number of hydrogen-bond donors (Lipinski definition) is 2. The number of carboxylic acid groups (broad SMARTS) is 1. The number of allylic oxidation sites excluding steroid dienone is 1. The lowest BCUT2D eigenvalue weighted by molar-refractivity contribution is -0.133. The molecule has 1 heterocycles. The van der Waals surface area contributed by atoms with Crippen LogP contribution in [0, 0.1) is 22.7 Å². The number of fused-ring (bicyclic) bond motifs is 1. The first kappa shape index (κ1) is 14.8. The van der Waals surface area contributed by atoms with E-state index >= 15 is 0 Å². The molecule has 2 atom stereocenters. The van der Waals surface area contributed by atoms with Crippen LogP contribution in [0.25, 0.3) is 10.8 Å². The number of benzene rings is 2. The second-order valence-corrected chi connectivity index (χ2v) is 5.39. The van der Waals surface area contributed by atoms with Crippen LogP contribution in [-0.2, 0) is 9.53 Å². The minimum atomic E-state index is -1.13. The number of carboxylic acids is 1. The molecule has 2 aromatic rings. The third kappa shape index (κ3) is 2.34. The summed E-state index contributed by atoms with van der Waals surface area (Å²) < 4.78 is 5.19. The summed E-state index contributed by atoms with van der Waals surface area (Å²) in [4.78, 5) is 11.7. The fraction of sp³-hybridized carbons (Fsp3) is 0.167. The van der Waals surface area contributed by atoms with E-state index in [1.165, 1.54) is 6.92 Å². The summed E-state index contributed by atoms with van der Waals surface area (Å²) in [6.45, 7) is 1.52. The average molecular weight is 306 g/mol. The number of nitriles is 1. The summed E-state index contributed by atoms with van der Waals surface area (Å²) in [6, 6.07) is 15.2. The fourth-order valence-corrected chi connectivity index (χ4v) is 3.09. The molecule has 2 aromatic carbocycles. The first-order valence-corrected chi connectivity index (χ1v) is 7.12. The Bertz CT molecular complexity index is 887.